The van der Waals surface area contributed by atoms with Crippen LogP contribution in [0.4, 0.5) is 0 Å². The first-order valence-electron chi connectivity index (χ1n) is 7.28. The lowest BCUT2D eigenvalue weighted by Gasteiger charge is -2.18. The average molecular weight is 314 g/mol. The van der Waals surface area contributed by atoms with E-state index in [0.717, 1.165) is 18.4 Å². The molecule has 0 aliphatic carbocycles. The molecule has 1 aromatic rings. The number of unbranched alkanes of at least 4 members (excludes halogenated alkanes) is 2. The minimum Gasteiger partial charge on any atom is -0.396 e. The van der Waals surface area contributed by atoms with Crippen LogP contribution in [-0.2, 0) is 10.0 Å². The van der Waals surface area contributed by atoms with Gasteiger partial charge >= 0.3 is 0 Å². The van der Waals surface area contributed by atoms with Crippen molar-refractivity contribution in [3.05, 3.63) is 29.8 Å². The van der Waals surface area contributed by atoms with E-state index in [9.17, 15) is 8.42 Å². The molecule has 21 heavy (non-hydrogen) atoms. The molecule has 0 aliphatic rings. The summed E-state index contributed by atoms with van der Waals surface area (Å²) in [6.45, 7) is 2.65. The Bertz CT molecular complexity index is 514. The topological polar surface area (TPSA) is 69.6 Å². The zero-order valence-corrected chi connectivity index (χ0v) is 13.9. The molecule has 0 aliphatic heterocycles. The van der Waals surface area contributed by atoms with Crippen molar-refractivity contribution >= 4 is 10.0 Å². The van der Waals surface area contributed by atoms with Gasteiger partial charge in [0.25, 0.3) is 0 Å². The van der Waals surface area contributed by atoms with Crippen LogP contribution >= 0.6 is 0 Å². The SMILES string of the molecule is CNC(C)c1ccc(S(=O)(=O)N(C)CCCCCO)cc1. The van der Waals surface area contributed by atoms with Crippen LogP contribution in [0.15, 0.2) is 29.2 Å². The van der Waals surface area contributed by atoms with Crippen molar-refractivity contribution in [1.29, 1.82) is 0 Å². The lowest BCUT2D eigenvalue weighted by atomic mass is 10.1. The van der Waals surface area contributed by atoms with E-state index in [1.165, 1.54) is 4.31 Å². The van der Waals surface area contributed by atoms with Crippen molar-refractivity contribution in [2.45, 2.75) is 37.1 Å². The van der Waals surface area contributed by atoms with E-state index in [-0.39, 0.29) is 12.6 Å². The minimum atomic E-state index is -3.42. The molecule has 0 aromatic heterocycles. The molecule has 5 nitrogen and oxygen atoms in total. The van der Waals surface area contributed by atoms with Crippen molar-refractivity contribution < 1.29 is 13.5 Å². The maximum atomic E-state index is 12.4. The van der Waals surface area contributed by atoms with Gasteiger partial charge in [0, 0.05) is 26.2 Å². The number of nitrogens with zero attached hydrogens (tertiary/aromatic N) is 1. The molecule has 1 atom stereocenters. The van der Waals surface area contributed by atoms with Crippen LogP contribution in [0.1, 0.15) is 37.8 Å². The van der Waals surface area contributed by atoms with Crippen molar-refractivity contribution in [2.75, 3.05) is 27.2 Å². The van der Waals surface area contributed by atoms with E-state index in [1.807, 2.05) is 26.1 Å². The molecule has 0 radical (unpaired) electrons. The standard InChI is InChI=1S/C15H26N2O3S/c1-13(16-2)14-7-9-15(10-8-14)21(19,20)17(3)11-5-4-6-12-18/h7-10,13,16,18H,4-6,11-12H2,1-3H3. The predicted molar refractivity (Wildman–Crippen MR) is 84.7 cm³/mol. The lowest BCUT2D eigenvalue weighted by molar-refractivity contribution is 0.281. The molecule has 1 aromatic carbocycles. The van der Waals surface area contributed by atoms with Gasteiger partial charge in [0.05, 0.1) is 4.90 Å². The van der Waals surface area contributed by atoms with Gasteiger partial charge in [-0.15, -0.1) is 0 Å². The van der Waals surface area contributed by atoms with Crippen molar-refractivity contribution in [3.8, 4) is 0 Å². The number of aliphatic hydroxyl groups is 1. The van der Waals surface area contributed by atoms with Gasteiger partial charge in [-0.1, -0.05) is 12.1 Å². The number of hydrogen-bond acceptors (Lipinski definition) is 4. The number of rotatable bonds is 9. The summed E-state index contributed by atoms with van der Waals surface area (Å²) >= 11 is 0. The largest absolute Gasteiger partial charge is 0.396 e. The van der Waals surface area contributed by atoms with E-state index in [4.69, 9.17) is 5.11 Å². The number of hydrogen-bond donors (Lipinski definition) is 2. The zero-order chi connectivity index (χ0) is 15.9. The summed E-state index contributed by atoms with van der Waals surface area (Å²) in [7, 11) is 0.0412. The van der Waals surface area contributed by atoms with Crippen LogP contribution in [0.3, 0.4) is 0 Å². The molecule has 0 saturated carbocycles. The van der Waals surface area contributed by atoms with E-state index >= 15 is 0 Å². The first kappa shape index (κ1) is 18.1. The molecule has 0 bridgehead atoms. The zero-order valence-electron chi connectivity index (χ0n) is 13.0. The van der Waals surface area contributed by atoms with Crippen molar-refractivity contribution in [1.82, 2.24) is 9.62 Å². The van der Waals surface area contributed by atoms with Crippen LogP contribution in [0.25, 0.3) is 0 Å². The highest BCUT2D eigenvalue weighted by atomic mass is 32.2. The first-order chi connectivity index (χ1) is 9.93. The van der Waals surface area contributed by atoms with Gasteiger partial charge in [-0.2, -0.15) is 0 Å². The maximum Gasteiger partial charge on any atom is 0.242 e. The summed E-state index contributed by atoms with van der Waals surface area (Å²) < 4.78 is 26.2. The highest BCUT2D eigenvalue weighted by Gasteiger charge is 2.20. The van der Waals surface area contributed by atoms with E-state index < -0.39 is 10.0 Å². The molecule has 0 fully saturated rings. The fourth-order valence-electron chi connectivity index (χ4n) is 2.02. The Balaban J connectivity index is 2.73. The molecular weight excluding hydrogens is 288 g/mol. The Morgan fingerprint density at radius 3 is 2.33 bits per heavy atom. The Hall–Kier alpha value is -0.950. The Labute approximate surface area is 128 Å². The summed E-state index contributed by atoms with van der Waals surface area (Å²) in [6.07, 6.45) is 2.30. The Kier molecular flexibility index (Phi) is 7.31. The van der Waals surface area contributed by atoms with Gasteiger partial charge in [0.15, 0.2) is 0 Å². The predicted octanol–water partition coefficient (Wildman–Crippen LogP) is 1.75. The third-order valence-electron chi connectivity index (χ3n) is 3.65. The van der Waals surface area contributed by atoms with Gasteiger partial charge < -0.3 is 10.4 Å². The van der Waals surface area contributed by atoms with Crippen molar-refractivity contribution in [2.24, 2.45) is 0 Å². The van der Waals surface area contributed by atoms with Crippen molar-refractivity contribution in [3.63, 3.8) is 0 Å². The smallest absolute Gasteiger partial charge is 0.242 e. The van der Waals surface area contributed by atoms with Gasteiger partial charge in [0.1, 0.15) is 0 Å². The quantitative estimate of drug-likeness (QED) is 0.681. The lowest BCUT2D eigenvalue weighted by Crippen LogP contribution is -2.28. The van der Waals surface area contributed by atoms with Gasteiger partial charge in [-0.3, -0.25) is 0 Å². The van der Waals surface area contributed by atoms with E-state index in [1.54, 1.807) is 19.2 Å². The third kappa shape index (κ3) is 5.07. The first-order valence-corrected chi connectivity index (χ1v) is 8.72. The summed E-state index contributed by atoms with van der Waals surface area (Å²) in [5.74, 6) is 0. The van der Waals surface area contributed by atoms with Crippen LogP contribution in [0.5, 0.6) is 0 Å². The molecule has 0 spiro atoms. The third-order valence-corrected chi connectivity index (χ3v) is 5.52. The normalized spacial score (nSPS) is 13.6. The number of aliphatic hydroxyl groups excluding tert-OH is 1. The van der Waals surface area contributed by atoms with Gasteiger partial charge in [-0.25, -0.2) is 12.7 Å². The molecule has 0 amide bonds. The van der Waals surface area contributed by atoms with Crippen LogP contribution in [-0.4, -0.2) is 45.1 Å². The highest BCUT2D eigenvalue weighted by Crippen LogP contribution is 2.18. The summed E-state index contributed by atoms with van der Waals surface area (Å²) in [5, 5.41) is 11.8. The van der Waals surface area contributed by atoms with E-state index in [2.05, 4.69) is 5.32 Å². The number of nitrogens with one attached hydrogen (secondary N) is 1. The number of sulfonamides is 1. The van der Waals surface area contributed by atoms with Crippen LogP contribution in [0, 0.1) is 0 Å². The van der Waals surface area contributed by atoms with Gasteiger partial charge in [-0.05, 0) is 50.9 Å². The fraction of sp³-hybridized carbons (Fsp3) is 0.600. The second kappa shape index (κ2) is 8.48. The second-order valence-electron chi connectivity index (χ2n) is 5.19. The highest BCUT2D eigenvalue weighted by molar-refractivity contribution is 7.89. The molecule has 1 rings (SSSR count). The monoisotopic (exact) mass is 314 g/mol. The molecule has 1 unspecified atom stereocenters. The second-order valence-corrected chi connectivity index (χ2v) is 7.24. The molecule has 6 heteroatoms. The summed E-state index contributed by atoms with van der Waals surface area (Å²) in [4.78, 5) is 0.319. The summed E-state index contributed by atoms with van der Waals surface area (Å²) in [6, 6.07) is 7.19. The van der Waals surface area contributed by atoms with Gasteiger partial charge in [0.2, 0.25) is 10.0 Å². The number of benzene rings is 1. The Morgan fingerprint density at radius 2 is 1.81 bits per heavy atom. The minimum absolute atomic E-state index is 0.154. The molecule has 120 valence electrons. The summed E-state index contributed by atoms with van der Waals surface area (Å²) in [5.41, 5.74) is 1.06. The maximum absolute atomic E-state index is 12.4. The van der Waals surface area contributed by atoms with Crippen LogP contribution in [0.2, 0.25) is 0 Å². The van der Waals surface area contributed by atoms with Crippen LogP contribution < -0.4 is 5.32 Å². The Morgan fingerprint density at radius 1 is 1.19 bits per heavy atom. The molecule has 2 N–H and O–H groups in total. The fourth-order valence-corrected chi connectivity index (χ4v) is 3.23. The average Bonchev–Trinajstić information content (AvgIpc) is 2.50. The molecular formula is C15H26N2O3S. The van der Waals surface area contributed by atoms with E-state index in [0.29, 0.717) is 17.9 Å². The molecule has 0 heterocycles. The molecule has 0 saturated heterocycles.